The highest BCUT2D eigenvalue weighted by molar-refractivity contribution is 7.16. The van der Waals surface area contributed by atoms with Crippen LogP contribution in [0.2, 0.25) is 0 Å². The Labute approximate surface area is 146 Å². The first-order chi connectivity index (χ1) is 11.8. The van der Waals surface area contributed by atoms with Crippen molar-refractivity contribution in [2.75, 3.05) is 39.4 Å². The molecule has 0 saturated carbocycles. The van der Waals surface area contributed by atoms with Gasteiger partial charge in [0.05, 0.1) is 15.7 Å². The Morgan fingerprint density at radius 2 is 2.04 bits per heavy atom. The Morgan fingerprint density at radius 3 is 2.92 bits per heavy atom. The van der Waals surface area contributed by atoms with Gasteiger partial charge in [0, 0.05) is 51.0 Å². The van der Waals surface area contributed by atoms with Crippen molar-refractivity contribution in [3.63, 3.8) is 0 Å². The lowest BCUT2D eigenvalue weighted by atomic mass is 10.1. The average Bonchev–Trinajstić information content (AvgIpc) is 2.96. The molecule has 128 valence electrons. The second kappa shape index (κ2) is 7.17. The molecule has 0 aliphatic carbocycles. The summed E-state index contributed by atoms with van der Waals surface area (Å²) in [5.74, 6) is 0.138. The van der Waals surface area contributed by atoms with Crippen molar-refractivity contribution in [3.05, 3.63) is 29.3 Å². The third-order valence-electron chi connectivity index (χ3n) is 5.10. The highest BCUT2D eigenvalue weighted by Gasteiger charge is 2.26. The molecule has 2 saturated heterocycles. The Morgan fingerprint density at radius 1 is 1.17 bits per heavy atom. The van der Waals surface area contributed by atoms with E-state index in [1.807, 2.05) is 28.6 Å². The largest absolute Gasteiger partial charge is 0.381 e. The molecule has 6 heteroatoms. The van der Waals surface area contributed by atoms with Gasteiger partial charge in [-0.3, -0.25) is 9.69 Å². The minimum absolute atomic E-state index is 0.138. The van der Waals surface area contributed by atoms with Crippen molar-refractivity contribution in [2.45, 2.75) is 25.3 Å². The van der Waals surface area contributed by atoms with Gasteiger partial charge in [-0.15, -0.1) is 11.3 Å². The highest BCUT2D eigenvalue weighted by Crippen LogP contribution is 2.21. The molecule has 24 heavy (non-hydrogen) atoms. The number of carbonyl (C=O) groups is 1. The molecule has 0 bridgehead atoms. The zero-order chi connectivity index (χ0) is 16.4. The molecule has 1 aromatic carbocycles. The molecular formula is C18H23N3O2S. The van der Waals surface area contributed by atoms with Crippen LogP contribution in [0, 0.1) is 0 Å². The van der Waals surface area contributed by atoms with Crippen LogP contribution in [0.15, 0.2) is 23.7 Å². The second-order valence-electron chi connectivity index (χ2n) is 6.56. The molecule has 0 unspecified atom stereocenters. The monoisotopic (exact) mass is 345 g/mol. The predicted molar refractivity (Wildman–Crippen MR) is 95.6 cm³/mol. The van der Waals surface area contributed by atoms with Crippen LogP contribution < -0.4 is 0 Å². The molecule has 2 fully saturated rings. The van der Waals surface area contributed by atoms with Crippen molar-refractivity contribution in [1.29, 1.82) is 0 Å². The summed E-state index contributed by atoms with van der Waals surface area (Å²) in [6.45, 7) is 5.45. The van der Waals surface area contributed by atoms with Crippen LogP contribution in [-0.2, 0) is 4.74 Å². The molecule has 0 atom stereocenters. The van der Waals surface area contributed by atoms with E-state index in [-0.39, 0.29) is 5.91 Å². The second-order valence-corrected chi connectivity index (χ2v) is 7.45. The summed E-state index contributed by atoms with van der Waals surface area (Å²) in [6.07, 6.45) is 3.28. The topological polar surface area (TPSA) is 45.7 Å². The van der Waals surface area contributed by atoms with Gasteiger partial charge in [-0.1, -0.05) is 0 Å². The van der Waals surface area contributed by atoms with E-state index < -0.39 is 0 Å². The number of aromatic nitrogens is 1. The van der Waals surface area contributed by atoms with E-state index in [1.165, 1.54) is 0 Å². The van der Waals surface area contributed by atoms with Crippen LogP contribution in [-0.4, -0.2) is 66.1 Å². The first-order valence-corrected chi connectivity index (χ1v) is 9.63. The summed E-state index contributed by atoms with van der Waals surface area (Å²) in [4.78, 5) is 21.8. The van der Waals surface area contributed by atoms with Crippen LogP contribution in [0.4, 0.5) is 0 Å². The molecule has 1 aromatic heterocycles. The van der Waals surface area contributed by atoms with Gasteiger partial charge in [0.25, 0.3) is 5.91 Å². The molecular weight excluding hydrogens is 322 g/mol. The van der Waals surface area contributed by atoms with Crippen molar-refractivity contribution in [1.82, 2.24) is 14.8 Å². The third-order valence-corrected chi connectivity index (χ3v) is 5.91. The van der Waals surface area contributed by atoms with Crippen LogP contribution in [0.3, 0.4) is 0 Å². The number of hydrogen-bond donors (Lipinski definition) is 0. The van der Waals surface area contributed by atoms with Crippen molar-refractivity contribution in [3.8, 4) is 0 Å². The van der Waals surface area contributed by atoms with E-state index in [4.69, 9.17) is 4.74 Å². The molecule has 0 radical (unpaired) electrons. The maximum atomic E-state index is 12.9. The van der Waals surface area contributed by atoms with Gasteiger partial charge in [-0.25, -0.2) is 4.98 Å². The fourth-order valence-electron chi connectivity index (χ4n) is 3.73. The lowest BCUT2D eigenvalue weighted by Gasteiger charge is -2.33. The number of ether oxygens (including phenoxy) is 1. The van der Waals surface area contributed by atoms with E-state index in [1.54, 1.807) is 11.3 Å². The standard InChI is InChI=1S/C18H23N3O2S/c22-18(14-2-3-17-16(12-14)19-13-24-17)21-7-1-6-20(8-9-21)15-4-10-23-11-5-15/h2-3,12-13,15H,1,4-11H2. The van der Waals surface area contributed by atoms with Crippen molar-refractivity contribution < 1.29 is 9.53 Å². The zero-order valence-electron chi connectivity index (χ0n) is 13.8. The van der Waals surface area contributed by atoms with Crippen molar-refractivity contribution in [2.24, 2.45) is 0 Å². The Balaban J connectivity index is 1.43. The van der Waals surface area contributed by atoms with Crippen LogP contribution in [0.25, 0.3) is 10.2 Å². The molecule has 2 aliphatic heterocycles. The third kappa shape index (κ3) is 3.31. The van der Waals surface area contributed by atoms with Crippen LogP contribution in [0.1, 0.15) is 29.6 Å². The molecule has 2 aliphatic rings. The lowest BCUT2D eigenvalue weighted by Crippen LogP contribution is -2.42. The molecule has 0 spiro atoms. The van der Waals surface area contributed by atoms with Crippen molar-refractivity contribution >= 4 is 27.5 Å². The maximum Gasteiger partial charge on any atom is 0.253 e. The number of rotatable bonds is 2. The summed E-state index contributed by atoms with van der Waals surface area (Å²) >= 11 is 1.61. The predicted octanol–water partition coefficient (Wildman–Crippen LogP) is 2.62. The number of amides is 1. The number of benzene rings is 1. The smallest absolute Gasteiger partial charge is 0.253 e. The summed E-state index contributed by atoms with van der Waals surface area (Å²) in [5, 5.41) is 0. The quantitative estimate of drug-likeness (QED) is 0.839. The van der Waals surface area contributed by atoms with E-state index >= 15 is 0 Å². The number of hydrogen-bond acceptors (Lipinski definition) is 5. The molecule has 0 N–H and O–H groups in total. The number of fused-ring (bicyclic) bond motifs is 1. The van der Waals surface area contributed by atoms with E-state index in [2.05, 4.69) is 9.88 Å². The Kier molecular flexibility index (Phi) is 4.78. The SMILES string of the molecule is O=C(c1ccc2scnc2c1)N1CCCN(C2CCOCC2)CC1. The molecule has 1 amide bonds. The maximum absolute atomic E-state index is 12.9. The van der Waals surface area contributed by atoms with Crippen LogP contribution in [0.5, 0.6) is 0 Å². The Hall–Kier alpha value is -1.50. The first kappa shape index (κ1) is 16.0. The summed E-state index contributed by atoms with van der Waals surface area (Å²) in [7, 11) is 0. The zero-order valence-corrected chi connectivity index (χ0v) is 14.6. The van der Waals surface area contributed by atoms with Gasteiger partial charge in [-0.2, -0.15) is 0 Å². The number of thiazole rings is 1. The van der Waals surface area contributed by atoms with Gasteiger partial charge in [0.2, 0.25) is 0 Å². The van der Waals surface area contributed by atoms with E-state index in [0.717, 1.165) is 74.4 Å². The summed E-state index contributed by atoms with van der Waals surface area (Å²) in [5.41, 5.74) is 3.51. The minimum atomic E-state index is 0.138. The number of nitrogens with zero attached hydrogens (tertiary/aromatic N) is 3. The van der Waals surface area contributed by atoms with E-state index in [9.17, 15) is 4.79 Å². The first-order valence-electron chi connectivity index (χ1n) is 8.75. The highest BCUT2D eigenvalue weighted by atomic mass is 32.1. The molecule has 2 aromatic rings. The summed E-state index contributed by atoms with van der Waals surface area (Å²) < 4.78 is 6.60. The van der Waals surface area contributed by atoms with Gasteiger partial charge in [0.1, 0.15) is 0 Å². The number of carbonyl (C=O) groups excluding carboxylic acids is 1. The van der Waals surface area contributed by atoms with Crippen LogP contribution >= 0.6 is 11.3 Å². The average molecular weight is 345 g/mol. The molecule has 4 rings (SSSR count). The summed E-state index contributed by atoms with van der Waals surface area (Å²) in [6, 6.07) is 6.49. The molecule has 3 heterocycles. The van der Waals surface area contributed by atoms with Gasteiger partial charge >= 0.3 is 0 Å². The Bertz CT molecular complexity index is 711. The minimum Gasteiger partial charge on any atom is -0.381 e. The van der Waals surface area contributed by atoms with Gasteiger partial charge in [-0.05, 0) is 37.5 Å². The lowest BCUT2D eigenvalue weighted by molar-refractivity contribution is 0.0351. The van der Waals surface area contributed by atoms with E-state index in [0.29, 0.717) is 6.04 Å². The van der Waals surface area contributed by atoms with Gasteiger partial charge in [0.15, 0.2) is 0 Å². The fourth-order valence-corrected chi connectivity index (χ4v) is 4.39. The molecule has 5 nitrogen and oxygen atoms in total. The fraction of sp³-hybridized carbons (Fsp3) is 0.556. The van der Waals surface area contributed by atoms with Gasteiger partial charge < -0.3 is 9.64 Å². The normalized spacial score (nSPS) is 21.1.